The van der Waals surface area contributed by atoms with Crippen LogP contribution in [0.15, 0.2) is 12.3 Å². The van der Waals surface area contributed by atoms with Crippen molar-refractivity contribution >= 4 is 6.16 Å². The Bertz CT molecular complexity index is 160. The van der Waals surface area contributed by atoms with E-state index < -0.39 is 18.1 Å². The van der Waals surface area contributed by atoms with Crippen LogP contribution in [-0.2, 0) is 4.74 Å². The van der Waals surface area contributed by atoms with Gasteiger partial charge in [0, 0.05) is 0 Å². The fourth-order valence-corrected chi connectivity index (χ4v) is 0.163. The van der Waals surface area contributed by atoms with Crippen molar-refractivity contribution in [3.63, 3.8) is 0 Å². The Morgan fingerprint density at radius 3 is 2.00 bits per heavy atom. The van der Waals surface area contributed by atoms with E-state index in [1.165, 1.54) is 0 Å². The zero-order valence-electron chi connectivity index (χ0n) is 4.60. The lowest BCUT2D eigenvalue weighted by Gasteiger charge is -2.06. The van der Waals surface area contributed by atoms with Gasteiger partial charge < -0.3 is 9.84 Å². The summed E-state index contributed by atoms with van der Waals surface area (Å²) in [6.07, 6.45) is -6.83. The fraction of sp³-hybridized carbons (Fsp3) is 0.250. The molecular formula is C4H3F3O3. The molecule has 0 unspecified atom stereocenters. The van der Waals surface area contributed by atoms with Crippen LogP contribution >= 0.6 is 0 Å². The summed E-state index contributed by atoms with van der Waals surface area (Å²) in [4.78, 5) is 9.47. The molecule has 0 aliphatic carbocycles. The SMILES string of the molecule is C=C(OC(=O)O)C(F)(F)F. The highest BCUT2D eigenvalue weighted by Crippen LogP contribution is 2.24. The number of ether oxygens (including phenoxy) is 1. The quantitative estimate of drug-likeness (QED) is 0.464. The van der Waals surface area contributed by atoms with Crippen LogP contribution in [0.2, 0.25) is 0 Å². The van der Waals surface area contributed by atoms with E-state index in [-0.39, 0.29) is 0 Å². The van der Waals surface area contributed by atoms with Crippen molar-refractivity contribution in [1.29, 1.82) is 0 Å². The number of hydrogen-bond donors (Lipinski definition) is 1. The van der Waals surface area contributed by atoms with Gasteiger partial charge in [0.15, 0.2) is 0 Å². The first kappa shape index (κ1) is 8.80. The van der Waals surface area contributed by atoms with Gasteiger partial charge in [-0.15, -0.1) is 0 Å². The summed E-state index contributed by atoms with van der Waals surface area (Å²) in [6, 6.07) is 0. The molecule has 0 amide bonds. The van der Waals surface area contributed by atoms with Crippen molar-refractivity contribution in [2.45, 2.75) is 6.18 Å². The van der Waals surface area contributed by atoms with Crippen LogP contribution in [0.25, 0.3) is 0 Å². The van der Waals surface area contributed by atoms with Crippen molar-refractivity contribution in [2.24, 2.45) is 0 Å². The van der Waals surface area contributed by atoms with Crippen LogP contribution in [0, 0.1) is 0 Å². The molecule has 0 aromatic rings. The number of rotatable bonds is 1. The summed E-state index contributed by atoms with van der Waals surface area (Å²) in [5.41, 5.74) is 0. The fourth-order valence-electron chi connectivity index (χ4n) is 0.163. The van der Waals surface area contributed by atoms with Crippen LogP contribution in [0.3, 0.4) is 0 Å². The number of alkyl halides is 3. The highest BCUT2D eigenvalue weighted by atomic mass is 19.4. The molecule has 58 valence electrons. The monoisotopic (exact) mass is 156 g/mol. The number of hydrogen-bond acceptors (Lipinski definition) is 2. The Labute approximate surface area is 53.7 Å². The van der Waals surface area contributed by atoms with Gasteiger partial charge >= 0.3 is 12.3 Å². The molecule has 0 bridgehead atoms. The summed E-state index contributed by atoms with van der Waals surface area (Å²) in [7, 11) is 0. The average molecular weight is 156 g/mol. The maximum Gasteiger partial charge on any atom is 0.511 e. The first-order valence-electron chi connectivity index (χ1n) is 2.01. The molecule has 0 aromatic carbocycles. The normalized spacial score (nSPS) is 10.7. The highest BCUT2D eigenvalue weighted by Gasteiger charge is 2.35. The molecule has 0 atom stereocenters. The zero-order valence-corrected chi connectivity index (χ0v) is 4.60. The third-order valence-corrected chi connectivity index (χ3v) is 0.527. The summed E-state index contributed by atoms with van der Waals surface area (Å²) >= 11 is 0. The lowest BCUT2D eigenvalue weighted by molar-refractivity contribution is -0.123. The van der Waals surface area contributed by atoms with E-state index in [1.54, 1.807) is 0 Å². The van der Waals surface area contributed by atoms with Crippen molar-refractivity contribution in [3.05, 3.63) is 12.3 Å². The van der Waals surface area contributed by atoms with E-state index in [1.807, 2.05) is 0 Å². The average Bonchev–Trinajstić information content (AvgIpc) is 1.60. The number of carboxylic acid groups (broad SMARTS) is 1. The highest BCUT2D eigenvalue weighted by molar-refractivity contribution is 5.58. The van der Waals surface area contributed by atoms with Crippen LogP contribution in [0.1, 0.15) is 0 Å². The molecule has 0 aliphatic rings. The Morgan fingerprint density at radius 1 is 1.50 bits per heavy atom. The summed E-state index contributed by atoms with van der Waals surface area (Å²) in [5, 5.41) is 7.66. The second-order valence-electron chi connectivity index (χ2n) is 1.29. The second kappa shape index (κ2) is 2.59. The maximum absolute atomic E-state index is 11.3. The molecule has 10 heavy (non-hydrogen) atoms. The molecule has 0 aromatic heterocycles. The van der Waals surface area contributed by atoms with Gasteiger partial charge in [-0.05, 0) is 0 Å². The minimum absolute atomic E-state index is 1.74. The molecule has 0 spiro atoms. The Morgan fingerprint density at radius 2 is 1.90 bits per heavy atom. The molecule has 0 radical (unpaired) electrons. The summed E-state index contributed by atoms with van der Waals surface area (Å²) < 4.78 is 37.2. The Kier molecular flexibility index (Phi) is 2.28. The van der Waals surface area contributed by atoms with Crippen molar-refractivity contribution in [1.82, 2.24) is 0 Å². The lowest BCUT2D eigenvalue weighted by atomic mass is 10.5. The van der Waals surface area contributed by atoms with Crippen LogP contribution in [-0.4, -0.2) is 17.4 Å². The van der Waals surface area contributed by atoms with Crippen molar-refractivity contribution in [2.75, 3.05) is 0 Å². The summed E-state index contributed by atoms with van der Waals surface area (Å²) in [6.45, 7) is 2.34. The second-order valence-corrected chi connectivity index (χ2v) is 1.29. The molecular weight excluding hydrogens is 153 g/mol. The van der Waals surface area contributed by atoms with E-state index in [4.69, 9.17) is 5.11 Å². The predicted molar refractivity (Wildman–Crippen MR) is 24.3 cm³/mol. The van der Waals surface area contributed by atoms with Gasteiger partial charge in [-0.3, -0.25) is 0 Å². The number of allylic oxidation sites excluding steroid dienone is 1. The topological polar surface area (TPSA) is 46.5 Å². The first-order chi connectivity index (χ1) is 4.34. The third kappa shape index (κ3) is 2.95. The number of carbonyl (C=O) groups is 1. The predicted octanol–water partition coefficient (Wildman–Crippen LogP) is 1.76. The minimum atomic E-state index is -4.81. The molecule has 0 heterocycles. The van der Waals surface area contributed by atoms with Gasteiger partial charge in [0.25, 0.3) is 0 Å². The maximum atomic E-state index is 11.3. The van der Waals surface area contributed by atoms with Crippen LogP contribution in [0.4, 0.5) is 18.0 Å². The van der Waals surface area contributed by atoms with Crippen LogP contribution in [0.5, 0.6) is 0 Å². The molecule has 6 heteroatoms. The third-order valence-electron chi connectivity index (χ3n) is 0.527. The first-order valence-corrected chi connectivity index (χ1v) is 2.01. The molecule has 0 aliphatic heterocycles. The summed E-state index contributed by atoms with van der Waals surface area (Å²) in [5.74, 6) is -1.74. The van der Waals surface area contributed by atoms with Gasteiger partial charge in [0.05, 0.1) is 0 Å². The van der Waals surface area contributed by atoms with Crippen LogP contribution < -0.4 is 0 Å². The molecule has 0 saturated carbocycles. The lowest BCUT2D eigenvalue weighted by Crippen LogP contribution is -2.15. The van der Waals surface area contributed by atoms with Crippen molar-refractivity contribution in [3.8, 4) is 0 Å². The molecule has 1 N–H and O–H groups in total. The molecule has 0 rings (SSSR count). The van der Waals surface area contributed by atoms with Gasteiger partial charge in [-0.25, -0.2) is 4.79 Å². The van der Waals surface area contributed by atoms with Gasteiger partial charge in [-0.1, -0.05) is 6.58 Å². The minimum Gasteiger partial charge on any atom is -0.449 e. The molecule has 0 fully saturated rings. The Hall–Kier alpha value is -1.20. The van der Waals surface area contributed by atoms with Crippen molar-refractivity contribution < 1.29 is 27.8 Å². The van der Waals surface area contributed by atoms with Gasteiger partial charge in [0.1, 0.15) is 0 Å². The standard InChI is InChI=1S/C4H3F3O3/c1-2(4(5,6)7)10-3(8)9/h1H2,(H,8,9). The Balaban J connectivity index is 3.99. The molecule has 3 nitrogen and oxygen atoms in total. The van der Waals surface area contributed by atoms with Gasteiger partial charge in [0.2, 0.25) is 5.76 Å². The smallest absolute Gasteiger partial charge is 0.449 e. The van der Waals surface area contributed by atoms with E-state index in [0.717, 1.165) is 0 Å². The van der Waals surface area contributed by atoms with Gasteiger partial charge in [-0.2, -0.15) is 13.2 Å². The number of halogens is 3. The van der Waals surface area contributed by atoms with E-state index in [0.29, 0.717) is 0 Å². The van der Waals surface area contributed by atoms with E-state index in [9.17, 15) is 18.0 Å². The largest absolute Gasteiger partial charge is 0.511 e. The zero-order chi connectivity index (χ0) is 8.36. The van der Waals surface area contributed by atoms with E-state index in [2.05, 4.69) is 11.3 Å². The van der Waals surface area contributed by atoms with E-state index >= 15 is 0 Å². The molecule has 0 saturated heterocycles.